The number of hydrogen-bond acceptors (Lipinski definition) is 7. The summed E-state index contributed by atoms with van der Waals surface area (Å²) in [5.41, 5.74) is 5.14. The van der Waals surface area contributed by atoms with E-state index in [2.05, 4.69) is 15.5 Å². The third-order valence-corrected chi connectivity index (χ3v) is 6.03. The van der Waals surface area contributed by atoms with Crippen molar-refractivity contribution in [2.75, 3.05) is 20.0 Å². The number of hydrogen-bond donors (Lipinski definition) is 1. The largest absolute Gasteiger partial charge is 0.493 e. The minimum Gasteiger partial charge on any atom is -0.493 e. The molecule has 0 saturated carbocycles. The number of amides is 1. The first-order valence-electron chi connectivity index (χ1n) is 8.47. The highest BCUT2D eigenvalue weighted by atomic mass is 35.5. The first kappa shape index (κ1) is 21.2. The molecular formula is C20H18ClN3O3S2. The Balaban J connectivity index is 1.50. The van der Waals surface area contributed by atoms with Gasteiger partial charge in [-0.2, -0.15) is 5.10 Å². The van der Waals surface area contributed by atoms with E-state index < -0.39 is 0 Å². The normalized spacial score (nSPS) is 10.9. The molecule has 0 aliphatic rings. The maximum atomic E-state index is 12.0. The van der Waals surface area contributed by atoms with Crippen molar-refractivity contribution < 1.29 is 14.3 Å². The third-order valence-electron chi connectivity index (χ3n) is 3.76. The number of rotatable bonds is 8. The lowest BCUT2D eigenvalue weighted by molar-refractivity contribution is -0.118. The van der Waals surface area contributed by atoms with Crippen LogP contribution in [0.2, 0.25) is 5.02 Å². The van der Waals surface area contributed by atoms with Crippen LogP contribution in [0.25, 0.3) is 11.3 Å². The Morgan fingerprint density at radius 2 is 1.97 bits per heavy atom. The summed E-state index contributed by atoms with van der Waals surface area (Å²) in [5, 5.41) is 6.62. The number of thiazole rings is 1. The Hall–Kier alpha value is -2.55. The summed E-state index contributed by atoms with van der Waals surface area (Å²) in [5.74, 6) is 1.23. The summed E-state index contributed by atoms with van der Waals surface area (Å²) in [6.07, 6.45) is 1.55. The minimum atomic E-state index is -0.213. The van der Waals surface area contributed by atoms with Crippen LogP contribution in [0.15, 0.2) is 57.3 Å². The fourth-order valence-electron chi connectivity index (χ4n) is 2.35. The van der Waals surface area contributed by atoms with E-state index in [0.717, 1.165) is 21.2 Å². The Kier molecular flexibility index (Phi) is 7.51. The molecule has 1 heterocycles. The molecule has 0 aliphatic carbocycles. The Morgan fingerprint density at radius 1 is 1.21 bits per heavy atom. The van der Waals surface area contributed by atoms with Crippen LogP contribution in [0.4, 0.5) is 0 Å². The van der Waals surface area contributed by atoms with Crippen molar-refractivity contribution in [3.63, 3.8) is 0 Å². The Morgan fingerprint density at radius 3 is 2.69 bits per heavy atom. The van der Waals surface area contributed by atoms with Gasteiger partial charge in [0.1, 0.15) is 0 Å². The van der Waals surface area contributed by atoms with E-state index in [1.807, 2.05) is 35.7 Å². The third kappa shape index (κ3) is 5.96. The first-order chi connectivity index (χ1) is 14.1. The lowest BCUT2D eigenvalue weighted by Crippen LogP contribution is -2.19. The number of methoxy groups -OCH3 is 2. The molecule has 9 heteroatoms. The molecule has 0 aliphatic heterocycles. The Bertz CT molecular complexity index is 1010. The maximum Gasteiger partial charge on any atom is 0.250 e. The van der Waals surface area contributed by atoms with Gasteiger partial charge in [0, 0.05) is 16.0 Å². The molecule has 150 valence electrons. The molecule has 3 aromatic rings. The summed E-state index contributed by atoms with van der Waals surface area (Å²) in [6.45, 7) is 0. The molecule has 1 amide bonds. The van der Waals surface area contributed by atoms with Crippen molar-refractivity contribution in [2.45, 2.75) is 4.34 Å². The molecule has 0 spiro atoms. The van der Waals surface area contributed by atoms with Crippen LogP contribution in [0, 0.1) is 0 Å². The number of aromatic nitrogens is 1. The van der Waals surface area contributed by atoms with E-state index >= 15 is 0 Å². The van der Waals surface area contributed by atoms with Crippen molar-refractivity contribution in [2.24, 2.45) is 5.10 Å². The van der Waals surface area contributed by atoms with E-state index in [1.54, 1.807) is 32.6 Å². The molecule has 0 saturated heterocycles. The second-order valence-electron chi connectivity index (χ2n) is 5.70. The van der Waals surface area contributed by atoms with Crippen molar-refractivity contribution in [1.29, 1.82) is 0 Å². The summed E-state index contributed by atoms with van der Waals surface area (Å²) >= 11 is 8.77. The number of halogens is 1. The van der Waals surface area contributed by atoms with E-state index in [9.17, 15) is 4.79 Å². The molecule has 3 rings (SSSR count). The molecule has 29 heavy (non-hydrogen) atoms. The van der Waals surface area contributed by atoms with Crippen LogP contribution < -0.4 is 14.9 Å². The van der Waals surface area contributed by atoms with Crippen molar-refractivity contribution in [1.82, 2.24) is 10.4 Å². The molecular weight excluding hydrogens is 430 g/mol. The monoisotopic (exact) mass is 447 g/mol. The molecule has 2 aromatic carbocycles. The highest BCUT2D eigenvalue weighted by Gasteiger charge is 2.08. The Labute approximate surface area is 181 Å². The van der Waals surface area contributed by atoms with Gasteiger partial charge in [-0.3, -0.25) is 4.79 Å². The van der Waals surface area contributed by atoms with Gasteiger partial charge in [0.2, 0.25) is 0 Å². The number of benzene rings is 2. The standard InChI is InChI=1S/C20H18ClN3O3S2/c1-26-17-8-3-13(9-18(17)27-2)10-22-24-19(25)12-29-20-23-16(11-28-20)14-4-6-15(21)7-5-14/h3-11H,12H2,1-2H3,(H,24,25). The number of nitrogens with zero attached hydrogens (tertiary/aromatic N) is 2. The molecule has 0 unspecified atom stereocenters. The number of carbonyl (C=O) groups excluding carboxylic acids is 1. The summed E-state index contributed by atoms with van der Waals surface area (Å²) in [4.78, 5) is 16.6. The van der Waals surface area contributed by atoms with Gasteiger partial charge in [-0.05, 0) is 35.9 Å². The molecule has 0 atom stereocenters. The fraction of sp³-hybridized carbons (Fsp3) is 0.150. The van der Waals surface area contributed by atoms with E-state index in [1.165, 1.54) is 23.1 Å². The lowest BCUT2D eigenvalue weighted by Gasteiger charge is -2.07. The van der Waals surface area contributed by atoms with Crippen LogP contribution in [-0.2, 0) is 4.79 Å². The van der Waals surface area contributed by atoms with Gasteiger partial charge in [0.25, 0.3) is 5.91 Å². The number of thioether (sulfide) groups is 1. The van der Waals surface area contributed by atoms with Crippen LogP contribution in [-0.4, -0.2) is 37.1 Å². The van der Waals surface area contributed by atoms with Gasteiger partial charge in [0.05, 0.1) is 31.9 Å². The topological polar surface area (TPSA) is 72.8 Å². The van der Waals surface area contributed by atoms with Gasteiger partial charge >= 0.3 is 0 Å². The average molecular weight is 448 g/mol. The summed E-state index contributed by atoms with van der Waals surface area (Å²) in [7, 11) is 3.14. The summed E-state index contributed by atoms with van der Waals surface area (Å²) in [6, 6.07) is 12.9. The number of nitrogens with one attached hydrogen (secondary N) is 1. The van der Waals surface area contributed by atoms with Gasteiger partial charge in [-0.1, -0.05) is 35.5 Å². The second kappa shape index (κ2) is 10.3. The molecule has 1 N–H and O–H groups in total. The second-order valence-corrected chi connectivity index (χ2v) is 8.22. The van der Waals surface area contributed by atoms with Crippen LogP contribution >= 0.6 is 34.7 Å². The van der Waals surface area contributed by atoms with Crippen LogP contribution in [0.3, 0.4) is 0 Å². The number of carbonyl (C=O) groups is 1. The fourth-order valence-corrected chi connectivity index (χ4v) is 4.10. The molecule has 0 bridgehead atoms. The predicted octanol–water partition coefficient (Wildman–Crippen LogP) is 4.72. The smallest absolute Gasteiger partial charge is 0.250 e. The number of hydrazone groups is 1. The van der Waals surface area contributed by atoms with E-state index in [-0.39, 0.29) is 11.7 Å². The van der Waals surface area contributed by atoms with Crippen LogP contribution in [0.1, 0.15) is 5.56 Å². The SMILES string of the molecule is COc1ccc(C=NNC(=O)CSc2nc(-c3ccc(Cl)cc3)cs2)cc1OC. The predicted molar refractivity (Wildman–Crippen MR) is 119 cm³/mol. The number of ether oxygens (including phenoxy) is 2. The maximum absolute atomic E-state index is 12.0. The average Bonchev–Trinajstić information content (AvgIpc) is 3.21. The van der Waals surface area contributed by atoms with Gasteiger partial charge in [-0.15, -0.1) is 11.3 Å². The molecule has 1 aromatic heterocycles. The van der Waals surface area contributed by atoms with E-state index in [4.69, 9.17) is 21.1 Å². The molecule has 0 radical (unpaired) electrons. The van der Waals surface area contributed by atoms with Gasteiger partial charge < -0.3 is 9.47 Å². The summed E-state index contributed by atoms with van der Waals surface area (Å²) < 4.78 is 11.2. The van der Waals surface area contributed by atoms with Gasteiger partial charge in [-0.25, -0.2) is 10.4 Å². The van der Waals surface area contributed by atoms with Gasteiger partial charge in [0.15, 0.2) is 15.8 Å². The lowest BCUT2D eigenvalue weighted by atomic mass is 10.2. The zero-order chi connectivity index (χ0) is 20.6. The highest BCUT2D eigenvalue weighted by Crippen LogP contribution is 2.29. The van der Waals surface area contributed by atoms with Crippen molar-refractivity contribution in [3.05, 3.63) is 58.4 Å². The van der Waals surface area contributed by atoms with Crippen LogP contribution in [0.5, 0.6) is 11.5 Å². The van der Waals surface area contributed by atoms with E-state index in [0.29, 0.717) is 16.5 Å². The minimum absolute atomic E-state index is 0.213. The highest BCUT2D eigenvalue weighted by molar-refractivity contribution is 8.01. The van der Waals surface area contributed by atoms with Crippen molar-refractivity contribution >= 4 is 46.8 Å². The molecule has 6 nitrogen and oxygen atoms in total. The zero-order valence-electron chi connectivity index (χ0n) is 15.7. The molecule has 0 fully saturated rings. The quantitative estimate of drug-likeness (QED) is 0.307. The van der Waals surface area contributed by atoms with Crippen molar-refractivity contribution in [3.8, 4) is 22.8 Å². The first-order valence-corrected chi connectivity index (χ1v) is 10.7. The zero-order valence-corrected chi connectivity index (χ0v) is 18.1.